The van der Waals surface area contributed by atoms with Gasteiger partial charge in [-0.15, -0.1) is 0 Å². The molecule has 0 saturated heterocycles. The van der Waals surface area contributed by atoms with E-state index in [1.54, 1.807) is 19.3 Å². The SMILES string of the molecule is CNCc1cncc(-c2c(F)cccc2F)c1. The van der Waals surface area contributed by atoms with Crippen LogP contribution in [0, 0.1) is 11.6 Å². The Hall–Kier alpha value is -1.81. The molecule has 4 heteroatoms. The molecule has 0 amide bonds. The van der Waals surface area contributed by atoms with E-state index < -0.39 is 11.6 Å². The van der Waals surface area contributed by atoms with Gasteiger partial charge in [-0.25, -0.2) is 8.78 Å². The quantitative estimate of drug-likeness (QED) is 0.883. The molecule has 0 fully saturated rings. The highest BCUT2D eigenvalue weighted by Gasteiger charge is 2.11. The van der Waals surface area contributed by atoms with Crippen LogP contribution in [0.25, 0.3) is 11.1 Å². The summed E-state index contributed by atoms with van der Waals surface area (Å²) >= 11 is 0. The number of rotatable bonds is 3. The van der Waals surface area contributed by atoms with Gasteiger partial charge in [-0.05, 0) is 30.8 Å². The predicted octanol–water partition coefficient (Wildman–Crippen LogP) is 2.75. The van der Waals surface area contributed by atoms with Crippen LogP contribution in [0.4, 0.5) is 8.78 Å². The van der Waals surface area contributed by atoms with E-state index in [-0.39, 0.29) is 5.56 Å². The normalized spacial score (nSPS) is 10.5. The summed E-state index contributed by atoms with van der Waals surface area (Å²) in [5.74, 6) is -1.15. The molecule has 0 atom stereocenters. The molecule has 0 saturated carbocycles. The van der Waals surface area contributed by atoms with Crippen LogP contribution in [-0.2, 0) is 6.54 Å². The van der Waals surface area contributed by atoms with Gasteiger partial charge in [0.2, 0.25) is 0 Å². The molecule has 1 aromatic carbocycles. The first kappa shape index (κ1) is 11.7. The third-order valence-electron chi connectivity index (χ3n) is 2.43. The van der Waals surface area contributed by atoms with Crippen molar-refractivity contribution >= 4 is 0 Å². The van der Waals surface area contributed by atoms with E-state index in [0.29, 0.717) is 12.1 Å². The fourth-order valence-corrected chi connectivity index (χ4v) is 1.70. The van der Waals surface area contributed by atoms with Crippen LogP contribution < -0.4 is 5.32 Å². The van der Waals surface area contributed by atoms with Crippen molar-refractivity contribution in [3.05, 3.63) is 53.9 Å². The third kappa shape index (κ3) is 2.47. The summed E-state index contributed by atoms with van der Waals surface area (Å²) in [6.07, 6.45) is 3.12. The van der Waals surface area contributed by atoms with Gasteiger partial charge in [0.25, 0.3) is 0 Å². The highest BCUT2D eigenvalue weighted by Crippen LogP contribution is 2.25. The molecule has 0 aliphatic carbocycles. The van der Waals surface area contributed by atoms with Gasteiger partial charge in [0.05, 0.1) is 5.56 Å². The van der Waals surface area contributed by atoms with E-state index in [2.05, 4.69) is 10.3 Å². The van der Waals surface area contributed by atoms with Crippen LogP contribution in [0.1, 0.15) is 5.56 Å². The lowest BCUT2D eigenvalue weighted by Gasteiger charge is -2.06. The number of pyridine rings is 1. The monoisotopic (exact) mass is 234 g/mol. The van der Waals surface area contributed by atoms with E-state index in [9.17, 15) is 8.78 Å². The molecule has 0 unspecified atom stereocenters. The van der Waals surface area contributed by atoms with Crippen LogP contribution in [0.15, 0.2) is 36.7 Å². The Morgan fingerprint density at radius 1 is 1.18 bits per heavy atom. The molecule has 2 rings (SSSR count). The van der Waals surface area contributed by atoms with Gasteiger partial charge in [-0.2, -0.15) is 0 Å². The number of benzene rings is 1. The Labute approximate surface area is 98.3 Å². The van der Waals surface area contributed by atoms with Crippen molar-refractivity contribution in [3.8, 4) is 11.1 Å². The lowest BCUT2D eigenvalue weighted by molar-refractivity contribution is 0.589. The van der Waals surface area contributed by atoms with Crippen LogP contribution in [0.3, 0.4) is 0 Å². The van der Waals surface area contributed by atoms with Crippen molar-refractivity contribution in [1.82, 2.24) is 10.3 Å². The van der Waals surface area contributed by atoms with E-state index in [4.69, 9.17) is 0 Å². The van der Waals surface area contributed by atoms with Crippen molar-refractivity contribution in [3.63, 3.8) is 0 Å². The molecule has 88 valence electrons. The minimum atomic E-state index is -0.576. The van der Waals surface area contributed by atoms with Crippen molar-refractivity contribution in [2.24, 2.45) is 0 Å². The summed E-state index contributed by atoms with van der Waals surface area (Å²) in [7, 11) is 1.80. The minimum Gasteiger partial charge on any atom is -0.316 e. The van der Waals surface area contributed by atoms with Gasteiger partial charge >= 0.3 is 0 Å². The van der Waals surface area contributed by atoms with Crippen LogP contribution >= 0.6 is 0 Å². The lowest BCUT2D eigenvalue weighted by atomic mass is 10.0. The third-order valence-corrected chi connectivity index (χ3v) is 2.43. The lowest BCUT2D eigenvalue weighted by Crippen LogP contribution is -2.05. The van der Waals surface area contributed by atoms with E-state index in [0.717, 1.165) is 5.56 Å². The van der Waals surface area contributed by atoms with Crippen LogP contribution in [0.2, 0.25) is 0 Å². The molecule has 1 heterocycles. The van der Waals surface area contributed by atoms with Crippen molar-refractivity contribution in [2.75, 3.05) is 7.05 Å². The van der Waals surface area contributed by atoms with Crippen molar-refractivity contribution in [1.29, 1.82) is 0 Å². The standard InChI is InChI=1S/C13H12F2N2/c1-16-6-9-5-10(8-17-7-9)13-11(14)3-2-4-12(13)15/h2-5,7-8,16H,6H2,1H3. The van der Waals surface area contributed by atoms with Gasteiger partial charge in [0, 0.05) is 24.5 Å². The molecule has 0 bridgehead atoms. The maximum Gasteiger partial charge on any atom is 0.134 e. The molecule has 1 N–H and O–H groups in total. The topological polar surface area (TPSA) is 24.9 Å². The molecule has 17 heavy (non-hydrogen) atoms. The summed E-state index contributed by atoms with van der Waals surface area (Å²) in [5, 5.41) is 2.96. The zero-order valence-electron chi connectivity index (χ0n) is 9.37. The average molecular weight is 234 g/mol. The molecule has 0 spiro atoms. The fourth-order valence-electron chi connectivity index (χ4n) is 1.70. The molecule has 0 aliphatic heterocycles. The zero-order valence-corrected chi connectivity index (χ0v) is 9.37. The molecular weight excluding hydrogens is 222 g/mol. The van der Waals surface area contributed by atoms with Crippen LogP contribution in [-0.4, -0.2) is 12.0 Å². The smallest absolute Gasteiger partial charge is 0.134 e. The molecule has 2 nitrogen and oxygen atoms in total. The van der Waals surface area contributed by atoms with E-state index >= 15 is 0 Å². The van der Waals surface area contributed by atoms with Gasteiger partial charge in [0.1, 0.15) is 11.6 Å². The fraction of sp³-hybridized carbons (Fsp3) is 0.154. The second-order valence-electron chi connectivity index (χ2n) is 3.71. The highest BCUT2D eigenvalue weighted by molar-refractivity contribution is 5.64. The first-order valence-corrected chi connectivity index (χ1v) is 5.25. The van der Waals surface area contributed by atoms with Gasteiger partial charge in [0.15, 0.2) is 0 Å². The number of hydrogen-bond donors (Lipinski definition) is 1. The summed E-state index contributed by atoms with van der Waals surface area (Å²) in [5.41, 5.74) is 1.30. The average Bonchev–Trinajstić information content (AvgIpc) is 2.30. The zero-order chi connectivity index (χ0) is 12.3. The summed E-state index contributed by atoms with van der Waals surface area (Å²) in [6, 6.07) is 5.55. The van der Waals surface area contributed by atoms with E-state index in [1.165, 1.54) is 24.4 Å². The second-order valence-corrected chi connectivity index (χ2v) is 3.71. The molecular formula is C13H12F2N2. The van der Waals surface area contributed by atoms with Crippen molar-refractivity contribution in [2.45, 2.75) is 6.54 Å². The summed E-state index contributed by atoms with van der Waals surface area (Å²) in [6.45, 7) is 0.608. The summed E-state index contributed by atoms with van der Waals surface area (Å²) in [4.78, 5) is 3.99. The number of nitrogens with zero attached hydrogens (tertiary/aromatic N) is 1. The number of aromatic nitrogens is 1. The molecule has 0 aliphatic rings. The van der Waals surface area contributed by atoms with Crippen molar-refractivity contribution < 1.29 is 8.78 Å². The molecule has 0 radical (unpaired) electrons. The maximum atomic E-state index is 13.6. The number of halogens is 2. The first-order chi connectivity index (χ1) is 8.22. The maximum absolute atomic E-state index is 13.6. The van der Waals surface area contributed by atoms with Crippen LogP contribution in [0.5, 0.6) is 0 Å². The number of nitrogens with one attached hydrogen (secondary N) is 1. The van der Waals surface area contributed by atoms with Gasteiger partial charge < -0.3 is 5.32 Å². The highest BCUT2D eigenvalue weighted by atomic mass is 19.1. The van der Waals surface area contributed by atoms with E-state index in [1.807, 2.05) is 0 Å². The summed E-state index contributed by atoms with van der Waals surface area (Å²) < 4.78 is 27.1. The Morgan fingerprint density at radius 3 is 2.53 bits per heavy atom. The largest absolute Gasteiger partial charge is 0.316 e. The first-order valence-electron chi connectivity index (χ1n) is 5.25. The molecule has 2 aromatic rings. The minimum absolute atomic E-state index is 0.0297. The Balaban J connectivity index is 2.49. The Morgan fingerprint density at radius 2 is 1.88 bits per heavy atom. The molecule has 1 aromatic heterocycles. The Kier molecular flexibility index (Phi) is 3.44. The predicted molar refractivity (Wildman–Crippen MR) is 62.4 cm³/mol. The van der Waals surface area contributed by atoms with Gasteiger partial charge in [-0.3, -0.25) is 4.98 Å². The number of hydrogen-bond acceptors (Lipinski definition) is 2. The Bertz CT molecular complexity index is 506. The second kappa shape index (κ2) is 5.01. The van der Waals surface area contributed by atoms with Gasteiger partial charge in [-0.1, -0.05) is 6.07 Å².